The summed E-state index contributed by atoms with van der Waals surface area (Å²) < 4.78 is 17.7. The van der Waals surface area contributed by atoms with Gasteiger partial charge in [-0.3, -0.25) is 0 Å². The highest BCUT2D eigenvalue weighted by Crippen LogP contribution is 2.32. The number of aromatic nitrogens is 1. The molecular weight excluding hydrogens is 421 g/mol. The summed E-state index contributed by atoms with van der Waals surface area (Å²) in [6, 6.07) is 0. The molecule has 0 aromatic carbocycles. The Balaban J connectivity index is 3.03. The van der Waals surface area contributed by atoms with Gasteiger partial charge in [0.1, 0.15) is 0 Å². The van der Waals surface area contributed by atoms with Crippen molar-refractivity contribution in [3.05, 3.63) is 15.3 Å². The Labute approximate surface area is 158 Å². The molecule has 0 fully saturated rings. The zero-order valence-corrected chi connectivity index (χ0v) is 17.1. The van der Waals surface area contributed by atoms with Crippen LogP contribution in [0.25, 0.3) is 0 Å². The number of unbranched alkanes of at least 4 members (excludes halogenated alkanes) is 3. The second-order valence-corrected chi connectivity index (χ2v) is 6.67. The number of hydrogen-bond acceptors (Lipinski definition) is 5. The van der Waals surface area contributed by atoms with Gasteiger partial charge in [-0.25, -0.2) is 9.78 Å². The molecule has 1 heterocycles. The summed E-state index contributed by atoms with van der Waals surface area (Å²) in [5, 5.41) is 0. The van der Waals surface area contributed by atoms with Crippen LogP contribution >= 0.6 is 22.6 Å². The summed E-state index contributed by atoms with van der Waals surface area (Å²) in [6.07, 6.45) is 7.35. The molecule has 1 aromatic heterocycles. The molecule has 0 saturated carbocycles. The number of esters is 1. The van der Waals surface area contributed by atoms with E-state index in [0.29, 0.717) is 37.0 Å². The molecule has 24 heavy (non-hydrogen) atoms. The van der Waals surface area contributed by atoms with E-state index in [0.717, 1.165) is 42.1 Å². The second kappa shape index (κ2) is 12.3. The van der Waals surface area contributed by atoms with Crippen molar-refractivity contribution < 1.29 is 19.0 Å². The lowest BCUT2D eigenvalue weighted by Crippen LogP contribution is -2.14. The number of ether oxygens (including phenoxy) is 3. The normalized spacial score (nSPS) is 10.5. The van der Waals surface area contributed by atoms with Gasteiger partial charge in [0.25, 0.3) is 0 Å². The van der Waals surface area contributed by atoms with E-state index in [2.05, 4.69) is 48.3 Å². The van der Waals surface area contributed by atoms with Gasteiger partial charge < -0.3 is 14.2 Å². The minimum atomic E-state index is -0.424. The molecule has 1 rings (SSSR count). The number of carbonyl (C=O) groups is 1. The maximum Gasteiger partial charge on any atom is 0.347 e. The smallest absolute Gasteiger partial charge is 0.347 e. The fourth-order valence-electron chi connectivity index (χ4n) is 1.90. The number of nitrogens with zero attached hydrogens (tertiary/aromatic N) is 1. The molecule has 0 spiro atoms. The molecule has 0 atom stereocenters. The van der Waals surface area contributed by atoms with Crippen molar-refractivity contribution in [1.82, 2.24) is 4.98 Å². The van der Waals surface area contributed by atoms with Gasteiger partial charge in [-0.2, -0.15) is 0 Å². The Kier molecular flexibility index (Phi) is 10.8. The number of rotatable bonds is 12. The predicted octanol–water partition coefficient (Wildman–Crippen LogP) is 5.00. The van der Waals surface area contributed by atoms with Gasteiger partial charge in [0.15, 0.2) is 11.3 Å². The van der Waals surface area contributed by atoms with Gasteiger partial charge in [0.05, 0.1) is 23.4 Å². The fourth-order valence-corrected chi connectivity index (χ4v) is 2.46. The lowest BCUT2D eigenvalue weighted by molar-refractivity contribution is 0.0488. The van der Waals surface area contributed by atoms with Gasteiger partial charge in [0.2, 0.25) is 5.88 Å². The first-order valence-corrected chi connectivity index (χ1v) is 9.84. The van der Waals surface area contributed by atoms with E-state index < -0.39 is 5.97 Å². The molecule has 0 N–H and O–H groups in total. The highest BCUT2D eigenvalue weighted by molar-refractivity contribution is 14.1. The summed E-state index contributed by atoms with van der Waals surface area (Å²) in [5.74, 6) is 0.399. The van der Waals surface area contributed by atoms with Crippen LogP contribution in [0.3, 0.4) is 0 Å². The monoisotopic (exact) mass is 449 g/mol. The summed E-state index contributed by atoms with van der Waals surface area (Å²) in [5.41, 5.74) is 0.310. The van der Waals surface area contributed by atoms with E-state index in [9.17, 15) is 4.79 Å². The van der Waals surface area contributed by atoms with Gasteiger partial charge in [-0.1, -0.05) is 40.0 Å². The third-order valence-corrected chi connectivity index (χ3v) is 4.14. The Hall–Kier alpha value is -1.05. The summed E-state index contributed by atoms with van der Waals surface area (Å²) in [6.45, 7) is 7.71. The first-order chi connectivity index (χ1) is 11.7. The van der Waals surface area contributed by atoms with Crippen LogP contribution in [-0.2, 0) is 4.74 Å². The van der Waals surface area contributed by atoms with Crippen LogP contribution in [0.2, 0.25) is 0 Å². The number of pyridine rings is 1. The molecule has 0 aliphatic rings. The minimum Gasteiger partial charge on any atom is -0.491 e. The number of carbonyl (C=O) groups excluding carboxylic acids is 1. The van der Waals surface area contributed by atoms with Crippen LogP contribution in [-0.4, -0.2) is 30.8 Å². The second-order valence-electron chi connectivity index (χ2n) is 5.51. The number of halogens is 1. The van der Waals surface area contributed by atoms with E-state index >= 15 is 0 Å². The average Bonchev–Trinajstić information content (AvgIpc) is 2.57. The zero-order valence-electron chi connectivity index (χ0n) is 14.9. The molecule has 0 amide bonds. The van der Waals surface area contributed by atoms with E-state index in [1.165, 1.54) is 0 Å². The summed E-state index contributed by atoms with van der Waals surface area (Å²) >= 11 is 2.13. The minimum absolute atomic E-state index is 0.303. The van der Waals surface area contributed by atoms with Crippen molar-refractivity contribution in [2.45, 2.75) is 59.3 Å². The van der Waals surface area contributed by atoms with Crippen molar-refractivity contribution in [3.8, 4) is 11.6 Å². The van der Waals surface area contributed by atoms with Crippen molar-refractivity contribution in [2.24, 2.45) is 0 Å². The van der Waals surface area contributed by atoms with Crippen molar-refractivity contribution in [3.63, 3.8) is 0 Å². The molecular formula is C18H28INO4. The zero-order chi connectivity index (χ0) is 17.8. The first kappa shape index (κ1) is 21.0. The molecule has 0 bridgehead atoms. The van der Waals surface area contributed by atoms with Crippen LogP contribution in [0.1, 0.15) is 69.7 Å². The van der Waals surface area contributed by atoms with Crippen molar-refractivity contribution in [1.29, 1.82) is 0 Å². The number of hydrogen-bond donors (Lipinski definition) is 0. The van der Waals surface area contributed by atoms with Crippen molar-refractivity contribution >= 4 is 28.6 Å². The van der Waals surface area contributed by atoms with Gasteiger partial charge in [-0.15, -0.1) is 0 Å². The summed E-state index contributed by atoms with van der Waals surface area (Å²) in [7, 11) is 0. The molecule has 0 radical (unpaired) electrons. The predicted molar refractivity (Wildman–Crippen MR) is 103 cm³/mol. The molecule has 0 aliphatic heterocycles. The van der Waals surface area contributed by atoms with Crippen LogP contribution in [0, 0.1) is 3.57 Å². The lowest BCUT2D eigenvalue weighted by Gasteiger charge is -2.16. The molecule has 0 aliphatic carbocycles. The Morgan fingerprint density at radius 2 is 1.58 bits per heavy atom. The van der Waals surface area contributed by atoms with E-state index in [4.69, 9.17) is 14.2 Å². The van der Waals surface area contributed by atoms with Crippen LogP contribution in [0.15, 0.2) is 6.20 Å². The average molecular weight is 449 g/mol. The topological polar surface area (TPSA) is 57.7 Å². The van der Waals surface area contributed by atoms with Crippen LogP contribution < -0.4 is 9.47 Å². The molecule has 136 valence electrons. The summed E-state index contributed by atoms with van der Waals surface area (Å²) in [4.78, 5) is 16.8. The van der Waals surface area contributed by atoms with Gasteiger partial charge in [-0.05, 0) is 41.9 Å². The van der Waals surface area contributed by atoms with E-state index in [1.807, 2.05) is 0 Å². The van der Waals surface area contributed by atoms with Crippen LogP contribution in [0.4, 0.5) is 0 Å². The van der Waals surface area contributed by atoms with Gasteiger partial charge in [0, 0.05) is 6.20 Å². The fraction of sp³-hybridized carbons (Fsp3) is 0.667. The largest absolute Gasteiger partial charge is 0.491 e. The molecule has 0 unspecified atom stereocenters. The standard InChI is InChI=1S/C18H28INO4/c1-4-7-10-22-16-14(19)13-20-17(23-11-8-5-2)15(16)18(21)24-12-9-6-3/h13H,4-12H2,1-3H3. The lowest BCUT2D eigenvalue weighted by atomic mass is 10.2. The third kappa shape index (κ3) is 6.83. The first-order valence-electron chi connectivity index (χ1n) is 8.76. The maximum atomic E-state index is 12.6. The Bertz CT molecular complexity index is 508. The molecule has 6 heteroatoms. The SMILES string of the molecule is CCCCOC(=O)c1c(OCCCC)ncc(I)c1OCCCC. The highest BCUT2D eigenvalue weighted by Gasteiger charge is 2.24. The molecule has 5 nitrogen and oxygen atoms in total. The third-order valence-electron chi connectivity index (χ3n) is 3.37. The maximum absolute atomic E-state index is 12.6. The van der Waals surface area contributed by atoms with Crippen LogP contribution in [0.5, 0.6) is 11.6 Å². The molecule has 0 saturated heterocycles. The Morgan fingerprint density at radius 1 is 1.00 bits per heavy atom. The van der Waals surface area contributed by atoms with Crippen molar-refractivity contribution in [2.75, 3.05) is 19.8 Å². The van der Waals surface area contributed by atoms with E-state index in [-0.39, 0.29) is 0 Å². The highest BCUT2D eigenvalue weighted by atomic mass is 127. The van der Waals surface area contributed by atoms with E-state index in [1.54, 1.807) is 6.20 Å². The Morgan fingerprint density at radius 3 is 2.21 bits per heavy atom. The molecule has 1 aromatic rings. The van der Waals surface area contributed by atoms with Gasteiger partial charge >= 0.3 is 5.97 Å². The quantitative estimate of drug-likeness (QED) is 0.255.